The zero-order valence-electron chi connectivity index (χ0n) is 7.09. The standard InChI is InChI=1S/C9H7BrFN3/c10-9-5(2-1-3-6(9)11)7-4-8(12)14-13-7/h1-4H,(H3,12,13,14). The first-order valence-electron chi connectivity index (χ1n) is 3.94. The Kier molecular flexibility index (Phi) is 2.25. The predicted molar refractivity (Wildman–Crippen MR) is 56.1 cm³/mol. The van der Waals surface area contributed by atoms with Crippen LogP contribution in [0.1, 0.15) is 0 Å². The van der Waals surface area contributed by atoms with Crippen LogP contribution >= 0.6 is 15.9 Å². The highest BCUT2D eigenvalue weighted by molar-refractivity contribution is 9.10. The Bertz CT molecular complexity index is 467. The Hall–Kier alpha value is -1.36. The summed E-state index contributed by atoms with van der Waals surface area (Å²) >= 11 is 3.16. The van der Waals surface area contributed by atoms with Crippen LogP contribution in [0.15, 0.2) is 28.7 Å². The zero-order chi connectivity index (χ0) is 10.1. The number of H-pyrrole nitrogens is 1. The fraction of sp³-hybridized carbons (Fsp3) is 0. The molecule has 0 aliphatic carbocycles. The third-order valence-corrected chi connectivity index (χ3v) is 2.65. The number of nitrogens with one attached hydrogen (secondary N) is 1. The summed E-state index contributed by atoms with van der Waals surface area (Å²) in [5, 5.41) is 6.49. The first-order chi connectivity index (χ1) is 6.68. The average Bonchev–Trinajstić information content (AvgIpc) is 2.57. The number of nitrogens with two attached hydrogens (primary N) is 1. The van der Waals surface area contributed by atoms with Crippen molar-refractivity contribution in [1.82, 2.24) is 10.2 Å². The van der Waals surface area contributed by atoms with Gasteiger partial charge < -0.3 is 5.73 Å². The van der Waals surface area contributed by atoms with Gasteiger partial charge in [0.15, 0.2) is 0 Å². The van der Waals surface area contributed by atoms with E-state index in [0.29, 0.717) is 21.5 Å². The Morgan fingerprint density at radius 3 is 2.86 bits per heavy atom. The molecule has 72 valence electrons. The van der Waals surface area contributed by atoms with Crippen molar-refractivity contribution in [1.29, 1.82) is 0 Å². The molecule has 0 amide bonds. The van der Waals surface area contributed by atoms with Crippen molar-refractivity contribution in [3.63, 3.8) is 0 Å². The molecule has 3 N–H and O–H groups in total. The summed E-state index contributed by atoms with van der Waals surface area (Å²) in [6.07, 6.45) is 0. The number of hydrogen-bond acceptors (Lipinski definition) is 2. The van der Waals surface area contributed by atoms with Crippen molar-refractivity contribution in [3.05, 3.63) is 34.6 Å². The molecule has 14 heavy (non-hydrogen) atoms. The number of nitrogens with zero attached hydrogens (tertiary/aromatic N) is 1. The van der Waals surface area contributed by atoms with Gasteiger partial charge in [0.2, 0.25) is 0 Å². The molecule has 0 aliphatic heterocycles. The van der Waals surface area contributed by atoms with Gasteiger partial charge >= 0.3 is 0 Å². The van der Waals surface area contributed by atoms with Crippen molar-refractivity contribution >= 4 is 21.7 Å². The molecule has 3 nitrogen and oxygen atoms in total. The third-order valence-electron chi connectivity index (χ3n) is 1.84. The number of rotatable bonds is 1. The molecule has 2 rings (SSSR count). The number of halogens is 2. The lowest BCUT2D eigenvalue weighted by Crippen LogP contribution is -1.83. The normalized spacial score (nSPS) is 10.4. The minimum atomic E-state index is -0.310. The number of hydrogen-bond donors (Lipinski definition) is 2. The van der Waals surface area contributed by atoms with E-state index in [4.69, 9.17) is 5.73 Å². The van der Waals surface area contributed by atoms with Gasteiger partial charge in [-0.1, -0.05) is 12.1 Å². The van der Waals surface area contributed by atoms with E-state index in [1.54, 1.807) is 18.2 Å². The highest BCUT2D eigenvalue weighted by Crippen LogP contribution is 2.29. The van der Waals surface area contributed by atoms with E-state index in [-0.39, 0.29) is 5.82 Å². The average molecular weight is 256 g/mol. The smallest absolute Gasteiger partial charge is 0.145 e. The number of aromatic nitrogens is 2. The largest absolute Gasteiger partial charge is 0.382 e. The molecule has 0 atom stereocenters. The van der Waals surface area contributed by atoms with Crippen LogP contribution in [0.4, 0.5) is 10.2 Å². The molecule has 0 bridgehead atoms. The molecule has 0 fully saturated rings. The summed E-state index contributed by atoms with van der Waals surface area (Å²) in [7, 11) is 0. The molecule has 2 aromatic rings. The van der Waals surface area contributed by atoms with Crippen molar-refractivity contribution in [3.8, 4) is 11.3 Å². The molecule has 0 spiro atoms. The number of aromatic amines is 1. The topological polar surface area (TPSA) is 54.7 Å². The minimum Gasteiger partial charge on any atom is -0.382 e. The fourth-order valence-corrected chi connectivity index (χ4v) is 1.66. The van der Waals surface area contributed by atoms with E-state index in [0.717, 1.165) is 0 Å². The van der Waals surface area contributed by atoms with Crippen molar-refractivity contribution < 1.29 is 4.39 Å². The lowest BCUT2D eigenvalue weighted by Gasteiger charge is -2.01. The molecular formula is C9H7BrFN3. The lowest BCUT2D eigenvalue weighted by atomic mass is 10.1. The maximum absolute atomic E-state index is 13.2. The molecular weight excluding hydrogens is 249 g/mol. The number of nitrogen functional groups attached to an aromatic ring is 1. The van der Waals surface area contributed by atoms with Gasteiger partial charge in [-0.2, -0.15) is 5.10 Å². The van der Waals surface area contributed by atoms with Gasteiger partial charge in [0.05, 0.1) is 10.2 Å². The number of anilines is 1. The van der Waals surface area contributed by atoms with E-state index in [1.807, 2.05) is 0 Å². The summed E-state index contributed by atoms with van der Waals surface area (Å²) in [4.78, 5) is 0. The van der Waals surface area contributed by atoms with E-state index in [2.05, 4.69) is 26.1 Å². The van der Waals surface area contributed by atoms with Gasteiger partial charge in [-0.15, -0.1) is 0 Å². The second-order valence-corrected chi connectivity index (χ2v) is 3.60. The summed E-state index contributed by atoms with van der Waals surface area (Å²) in [6, 6.07) is 6.44. The van der Waals surface area contributed by atoms with Crippen LogP contribution in [0, 0.1) is 5.82 Å². The van der Waals surface area contributed by atoms with Crippen LogP contribution < -0.4 is 5.73 Å². The van der Waals surface area contributed by atoms with E-state index in [9.17, 15) is 4.39 Å². The molecule has 0 saturated heterocycles. The number of benzene rings is 1. The summed E-state index contributed by atoms with van der Waals surface area (Å²) in [6.45, 7) is 0. The monoisotopic (exact) mass is 255 g/mol. The highest BCUT2D eigenvalue weighted by Gasteiger charge is 2.08. The SMILES string of the molecule is Nc1cc(-c2cccc(F)c2Br)[nH]n1. The summed E-state index contributed by atoms with van der Waals surface area (Å²) < 4.78 is 13.6. The van der Waals surface area contributed by atoms with Gasteiger partial charge in [-0.3, -0.25) is 5.10 Å². The van der Waals surface area contributed by atoms with Crippen LogP contribution in [0.3, 0.4) is 0 Å². The van der Waals surface area contributed by atoms with Crippen LogP contribution in [0.2, 0.25) is 0 Å². The lowest BCUT2D eigenvalue weighted by molar-refractivity contribution is 0.621. The second kappa shape index (κ2) is 3.42. The van der Waals surface area contributed by atoms with Gasteiger partial charge in [-0.25, -0.2) is 4.39 Å². The summed E-state index contributed by atoms with van der Waals surface area (Å²) in [5.74, 6) is 0.0758. The van der Waals surface area contributed by atoms with Gasteiger partial charge in [0.1, 0.15) is 11.6 Å². The van der Waals surface area contributed by atoms with Crippen LogP contribution in [-0.4, -0.2) is 10.2 Å². The van der Waals surface area contributed by atoms with E-state index < -0.39 is 0 Å². The van der Waals surface area contributed by atoms with Crippen LogP contribution in [-0.2, 0) is 0 Å². The van der Waals surface area contributed by atoms with Gasteiger partial charge in [0, 0.05) is 11.6 Å². The van der Waals surface area contributed by atoms with E-state index >= 15 is 0 Å². The molecule has 5 heteroatoms. The van der Waals surface area contributed by atoms with Crippen molar-refractivity contribution in [2.45, 2.75) is 0 Å². The molecule has 0 aliphatic rings. The first kappa shape index (κ1) is 9.21. The summed E-state index contributed by atoms with van der Waals surface area (Å²) in [5.41, 5.74) is 6.84. The highest BCUT2D eigenvalue weighted by atomic mass is 79.9. The van der Waals surface area contributed by atoms with Crippen molar-refractivity contribution in [2.24, 2.45) is 0 Å². The maximum Gasteiger partial charge on any atom is 0.145 e. The van der Waals surface area contributed by atoms with Crippen molar-refractivity contribution in [2.75, 3.05) is 5.73 Å². The predicted octanol–water partition coefficient (Wildman–Crippen LogP) is 2.56. The van der Waals surface area contributed by atoms with Gasteiger partial charge in [-0.05, 0) is 22.0 Å². The van der Waals surface area contributed by atoms with Crippen LogP contribution in [0.25, 0.3) is 11.3 Å². The van der Waals surface area contributed by atoms with E-state index in [1.165, 1.54) is 6.07 Å². The quantitative estimate of drug-likeness (QED) is 0.823. The molecule has 0 unspecified atom stereocenters. The molecule has 1 heterocycles. The third kappa shape index (κ3) is 1.50. The minimum absolute atomic E-state index is 0.310. The molecule has 0 saturated carbocycles. The Labute approximate surface area is 88.3 Å². The molecule has 1 aromatic heterocycles. The Morgan fingerprint density at radius 2 is 2.21 bits per heavy atom. The fourth-order valence-electron chi connectivity index (χ4n) is 1.19. The van der Waals surface area contributed by atoms with Crippen LogP contribution in [0.5, 0.6) is 0 Å². The van der Waals surface area contributed by atoms with Gasteiger partial charge in [0.25, 0.3) is 0 Å². The maximum atomic E-state index is 13.2. The molecule has 0 radical (unpaired) electrons. The molecule has 1 aromatic carbocycles. The zero-order valence-corrected chi connectivity index (χ0v) is 8.68. The first-order valence-corrected chi connectivity index (χ1v) is 4.73. The Morgan fingerprint density at radius 1 is 1.43 bits per heavy atom. The second-order valence-electron chi connectivity index (χ2n) is 2.81. The Balaban J connectivity index is 2.57.